The van der Waals surface area contributed by atoms with Gasteiger partial charge in [-0.2, -0.15) is 0 Å². The lowest BCUT2D eigenvalue weighted by atomic mass is 9.78. The maximum absolute atomic E-state index is 11.9. The molecule has 0 aliphatic heterocycles. The zero-order valence-electron chi connectivity index (χ0n) is 10.5. The van der Waals surface area contributed by atoms with Crippen molar-refractivity contribution in [3.8, 4) is 5.75 Å². The SMILES string of the molecule is C=CCC1C(=O)CCc2c1ccc(OC)c2C. The molecule has 2 rings (SSSR count). The van der Waals surface area contributed by atoms with E-state index in [0.717, 1.165) is 18.6 Å². The first-order valence-corrected chi connectivity index (χ1v) is 5.99. The highest BCUT2D eigenvalue weighted by molar-refractivity contribution is 5.88. The van der Waals surface area contributed by atoms with Crippen LogP contribution >= 0.6 is 0 Å². The monoisotopic (exact) mass is 230 g/mol. The second kappa shape index (κ2) is 4.74. The maximum atomic E-state index is 11.9. The number of rotatable bonds is 3. The van der Waals surface area contributed by atoms with Crippen LogP contribution in [0.25, 0.3) is 0 Å². The third kappa shape index (κ3) is 1.99. The Bertz CT molecular complexity index is 460. The van der Waals surface area contributed by atoms with Gasteiger partial charge in [0.2, 0.25) is 0 Å². The van der Waals surface area contributed by atoms with Gasteiger partial charge in [0.1, 0.15) is 11.5 Å². The Morgan fingerprint density at radius 3 is 2.88 bits per heavy atom. The van der Waals surface area contributed by atoms with Crippen molar-refractivity contribution in [3.05, 3.63) is 41.5 Å². The van der Waals surface area contributed by atoms with Crippen LogP contribution in [0.1, 0.15) is 35.4 Å². The van der Waals surface area contributed by atoms with Crippen LogP contribution in [0.15, 0.2) is 24.8 Å². The average molecular weight is 230 g/mol. The van der Waals surface area contributed by atoms with Crippen molar-refractivity contribution < 1.29 is 9.53 Å². The molecule has 0 radical (unpaired) electrons. The van der Waals surface area contributed by atoms with Gasteiger partial charge < -0.3 is 4.74 Å². The molecule has 2 nitrogen and oxygen atoms in total. The summed E-state index contributed by atoms with van der Waals surface area (Å²) < 4.78 is 5.33. The Hall–Kier alpha value is -1.57. The molecular weight excluding hydrogens is 212 g/mol. The van der Waals surface area contributed by atoms with E-state index in [2.05, 4.69) is 13.5 Å². The second-order valence-corrected chi connectivity index (χ2v) is 4.50. The minimum absolute atomic E-state index is 0.000793. The molecule has 0 heterocycles. The summed E-state index contributed by atoms with van der Waals surface area (Å²) in [5.74, 6) is 1.25. The molecule has 0 N–H and O–H groups in total. The molecule has 0 amide bonds. The highest BCUT2D eigenvalue weighted by Gasteiger charge is 2.28. The molecule has 2 heteroatoms. The summed E-state index contributed by atoms with van der Waals surface area (Å²) in [5, 5.41) is 0. The highest BCUT2D eigenvalue weighted by atomic mass is 16.5. The van der Waals surface area contributed by atoms with E-state index in [1.807, 2.05) is 18.2 Å². The van der Waals surface area contributed by atoms with Gasteiger partial charge in [-0.25, -0.2) is 0 Å². The van der Waals surface area contributed by atoms with Gasteiger partial charge in [-0.05, 0) is 42.5 Å². The van der Waals surface area contributed by atoms with Crippen LogP contribution in [0.2, 0.25) is 0 Å². The van der Waals surface area contributed by atoms with Crippen LogP contribution in [0, 0.1) is 6.92 Å². The summed E-state index contributed by atoms with van der Waals surface area (Å²) >= 11 is 0. The fourth-order valence-corrected chi connectivity index (χ4v) is 2.66. The van der Waals surface area contributed by atoms with Crippen LogP contribution in [0.4, 0.5) is 0 Å². The third-order valence-electron chi connectivity index (χ3n) is 3.59. The molecular formula is C15H18O2. The molecule has 0 bridgehead atoms. The van der Waals surface area contributed by atoms with E-state index in [4.69, 9.17) is 4.74 Å². The van der Waals surface area contributed by atoms with Gasteiger partial charge in [0.05, 0.1) is 7.11 Å². The van der Waals surface area contributed by atoms with Gasteiger partial charge in [-0.15, -0.1) is 6.58 Å². The molecule has 1 unspecified atom stereocenters. The number of carbonyl (C=O) groups is 1. The van der Waals surface area contributed by atoms with Crippen LogP contribution in [-0.2, 0) is 11.2 Å². The van der Waals surface area contributed by atoms with Crippen molar-refractivity contribution in [2.24, 2.45) is 0 Å². The normalized spacial score (nSPS) is 18.7. The predicted octanol–water partition coefficient (Wildman–Crippen LogP) is 3.18. The largest absolute Gasteiger partial charge is 0.496 e. The summed E-state index contributed by atoms with van der Waals surface area (Å²) in [5.41, 5.74) is 3.63. The summed E-state index contributed by atoms with van der Waals surface area (Å²) in [7, 11) is 1.68. The summed E-state index contributed by atoms with van der Waals surface area (Å²) in [6.45, 7) is 5.81. The van der Waals surface area contributed by atoms with Crippen LogP contribution in [0.3, 0.4) is 0 Å². The minimum Gasteiger partial charge on any atom is -0.496 e. The number of carbonyl (C=O) groups excluding carboxylic acids is 1. The topological polar surface area (TPSA) is 26.3 Å². The lowest BCUT2D eigenvalue weighted by Gasteiger charge is -2.26. The molecule has 1 atom stereocenters. The molecule has 1 aliphatic carbocycles. The van der Waals surface area contributed by atoms with E-state index in [1.165, 1.54) is 16.7 Å². The first kappa shape index (κ1) is 11.9. The Kier molecular flexibility index (Phi) is 3.32. The van der Waals surface area contributed by atoms with E-state index in [1.54, 1.807) is 7.11 Å². The number of methoxy groups -OCH3 is 1. The van der Waals surface area contributed by atoms with E-state index in [-0.39, 0.29) is 5.92 Å². The smallest absolute Gasteiger partial charge is 0.140 e. The Labute approximate surface area is 102 Å². The fourth-order valence-electron chi connectivity index (χ4n) is 2.66. The van der Waals surface area contributed by atoms with Crippen LogP contribution in [-0.4, -0.2) is 12.9 Å². The molecule has 1 aliphatic rings. The van der Waals surface area contributed by atoms with E-state index < -0.39 is 0 Å². The minimum atomic E-state index is 0.000793. The van der Waals surface area contributed by atoms with Gasteiger partial charge in [0, 0.05) is 12.3 Å². The van der Waals surface area contributed by atoms with Crippen molar-refractivity contribution in [3.63, 3.8) is 0 Å². The standard InChI is InChI=1S/C15H18O2/c1-4-5-13-12-7-9-15(17-3)10(2)11(12)6-8-14(13)16/h4,7,9,13H,1,5-6,8H2,2-3H3. The van der Waals surface area contributed by atoms with E-state index in [9.17, 15) is 4.79 Å². The zero-order valence-corrected chi connectivity index (χ0v) is 10.5. The molecule has 0 fully saturated rings. The zero-order chi connectivity index (χ0) is 12.4. The van der Waals surface area contributed by atoms with E-state index >= 15 is 0 Å². The lowest BCUT2D eigenvalue weighted by Crippen LogP contribution is -2.21. The summed E-state index contributed by atoms with van der Waals surface area (Å²) in [6, 6.07) is 4.00. The number of hydrogen-bond acceptors (Lipinski definition) is 2. The van der Waals surface area contributed by atoms with Gasteiger partial charge in [-0.1, -0.05) is 12.1 Å². The van der Waals surface area contributed by atoms with Gasteiger partial charge in [0.25, 0.3) is 0 Å². The lowest BCUT2D eigenvalue weighted by molar-refractivity contribution is -0.120. The van der Waals surface area contributed by atoms with Crippen molar-refractivity contribution in [2.45, 2.75) is 32.1 Å². The Morgan fingerprint density at radius 1 is 1.47 bits per heavy atom. The molecule has 1 aromatic rings. The van der Waals surface area contributed by atoms with Crippen LogP contribution < -0.4 is 4.74 Å². The quantitative estimate of drug-likeness (QED) is 0.745. The number of Topliss-reactive ketones (excluding diaryl/α,β-unsaturated/α-hetero) is 1. The van der Waals surface area contributed by atoms with Crippen molar-refractivity contribution in [1.29, 1.82) is 0 Å². The average Bonchev–Trinajstić information content (AvgIpc) is 2.33. The summed E-state index contributed by atoms with van der Waals surface area (Å²) in [4.78, 5) is 11.9. The molecule has 0 aromatic heterocycles. The molecule has 0 saturated carbocycles. The second-order valence-electron chi connectivity index (χ2n) is 4.50. The Morgan fingerprint density at radius 2 is 2.24 bits per heavy atom. The maximum Gasteiger partial charge on any atom is 0.140 e. The van der Waals surface area contributed by atoms with Gasteiger partial charge in [0.15, 0.2) is 0 Å². The fraction of sp³-hybridized carbons (Fsp3) is 0.400. The van der Waals surface area contributed by atoms with Crippen molar-refractivity contribution in [2.75, 3.05) is 7.11 Å². The number of allylic oxidation sites excluding steroid dienone is 1. The van der Waals surface area contributed by atoms with Crippen molar-refractivity contribution >= 4 is 5.78 Å². The number of hydrogen-bond donors (Lipinski definition) is 0. The first-order valence-electron chi connectivity index (χ1n) is 5.99. The summed E-state index contributed by atoms with van der Waals surface area (Å²) in [6.07, 6.45) is 4.04. The number of ether oxygens (including phenoxy) is 1. The first-order chi connectivity index (χ1) is 8.19. The molecule has 0 spiro atoms. The molecule has 90 valence electrons. The number of ketones is 1. The Balaban J connectivity index is 2.50. The molecule has 1 aromatic carbocycles. The highest BCUT2D eigenvalue weighted by Crippen LogP contribution is 2.36. The van der Waals surface area contributed by atoms with Gasteiger partial charge >= 0.3 is 0 Å². The third-order valence-corrected chi connectivity index (χ3v) is 3.59. The molecule has 0 saturated heterocycles. The van der Waals surface area contributed by atoms with Crippen molar-refractivity contribution in [1.82, 2.24) is 0 Å². The predicted molar refractivity (Wildman–Crippen MR) is 68.6 cm³/mol. The van der Waals surface area contributed by atoms with Crippen LogP contribution in [0.5, 0.6) is 5.75 Å². The van der Waals surface area contributed by atoms with Gasteiger partial charge in [-0.3, -0.25) is 4.79 Å². The number of fused-ring (bicyclic) bond motifs is 1. The number of benzene rings is 1. The van der Waals surface area contributed by atoms with E-state index in [0.29, 0.717) is 12.2 Å². The molecule has 17 heavy (non-hydrogen) atoms.